The van der Waals surface area contributed by atoms with Crippen molar-refractivity contribution < 1.29 is 30.0 Å². The Kier molecular flexibility index (Phi) is 11.2. The number of carbonyl (C=O) groups is 2. The van der Waals surface area contributed by atoms with Crippen LogP contribution in [0.5, 0.6) is 23.0 Å². The van der Waals surface area contributed by atoms with Crippen LogP contribution in [0.25, 0.3) is 0 Å². The third-order valence-electron chi connectivity index (χ3n) is 2.34. The van der Waals surface area contributed by atoms with Crippen molar-refractivity contribution in [3.8, 4) is 23.0 Å². The predicted molar refractivity (Wildman–Crippen MR) is 96.2 cm³/mol. The smallest absolute Gasteiger partial charge is 0.236 e. The second-order valence-corrected chi connectivity index (χ2v) is 5.22. The van der Waals surface area contributed by atoms with Gasteiger partial charge < -0.3 is 20.4 Å². The third kappa shape index (κ3) is 10.3. The molecule has 0 aliphatic heterocycles. The van der Waals surface area contributed by atoms with Crippen LogP contribution in [0.15, 0.2) is 42.5 Å². The fourth-order valence-corrected chi connectivity index (χ4v) is 1.46. The van der Waals surface area contributed by atoms with Crippen LogP contribution in [0.2, 0.25) is 0 Å². The van der Waals surface area contributed by atoms with Crippen LogP contribution >= 0.6 is 34.8 Å². The molecule has 0 fully saturated rings. The summed E-state index contributed by atoms with van der Waals surface area (Å²) in [7, 11) is 0. The van der Waals surface area contributed by atoms with Crippen molar-refractivity contribution in [2.24, 2.45) is 0 Å². The van der Waals surface area contributed by atoms with Gasteiger partial charge in [0, 0.05) is 12.1 Å². The largest absolute Gasteiger partial charge is 0.508 e. The molecule has 0 amide bonds. The number of alkyl halides is 2. The van der Waals surface area contributed by atoms with E-state index in [1.807, 2.05) is 0 Å². The number of phenolic OH excluding ortho intramolecular Hbond substituents is 4. The summed E-state index contributed by atoms with van der Waals surface area (Å²) < 4.78 is 0. The minimum absolute atomic E-state index is 0.0846. The topological polar surface area (TPSA) is 115 Å². The zero-order valence-corrected chi connectivity index (χ0v) is 15.0. The summed E-state index contributed by atoms with van der Waals surface area (Å²) in [6.07, 6.45) is 0. The highest BCUT2D eigenvalue weighted by atomic mass is 35.5. The fourth-order valence-electron chi connectivity index (χ4n) is 1.32. The SMILES string of the molecule is O=C(CCl)c1ccc(O)cc1O.O=C(Cl)CCl.Oc1cccc(O)c1. The average Bonchev–Trinajstić information content (AvgIpc) is 2.55. The Morgan fingerprint density at radius 1 is 0.800 bits per heavy atom. The molecule has 0 aliphatic carbocycles. The number of rotatable bonds is 3. The molecule has 0 atom stereocenters. The van der Waals surface area contributed by atoms with E-state index < -0.39 is 5.24 Å². The second kappa shape index (κ2) is 12.2. The maximum Gasteiger partial charge on any atom is 0.236 e. The average molecular weight is 410 g/mol. The van der Waals surface area contributed by atoms with Gasteiger partial charge in [0.2, 0.25) is 5.24 Å². The number of halogens is 3. The summed E-state index contributed by atoms with van der Waals surface area (Å²) in [6, 6.07) is 9.60. The molecule has 6 nitrogen and oxygen atoms in total. The van der Waals surface area contributed by atoms with Crippen molar-refractivity contribution in [3.05, 3.63) is 48.0 Å². The number of ketones is 1. The molecule has 0 aromatic heterocycles. The monoisotopic (exact) mass is 408 g/mol. The highest BCUT2D eigenvalue weighted by molar-refractivity contribution is 6.67. The number of phenols is 4. The Balaban J connectivity index is 0.000000382. The molecular formula is C16H15Cl3O6. The molecular weight excluding hydrogens is 395 g/mol. The predicted octanol–water partition coefficient (Wildman–Crippen LogP) is 3.61. The van der Waals surface area contributed by atoms with E-state index >= 15 is 0 Å². The van der Waals surface area contributed by atoms with Gasteiger partial charge in [-0.15, -0.1) is 23.2 Å². The van der Waals surface area contributed by atoms with Gasteiger partial charge in [0.25, 0.3) is 0 Å². The molecule has 0 spiro atoms. The first-order valence-corrected chi connectivity index (χ1v) is 7.99. The number of carbonyl (C=O) groups excluding carboxylic acids is 2. The van der Waals surface area contributed by atoms with E-state index in [1.165, 1.54) is 30.3 Å². The van der Waals surface area contributed by atoms with Crippen LogP contribution in [0.1, 0.15) is 10.4 Å². The Morgan fingerprint density at radius 2 is 1.28 bits per heavy atom. The standard InChI is InChI=1S/C8H7ClO3.C6H6O2.C2H2Cl2O/c9-4-8(12)6-2-1-5(10)3-7(6)11;7-5-2-1-3-6(8)4-5;3-1-2(4)5/h1-3,10-11H,4H2;1-4,7-8H;1H2. The molecule has 136 valence electrons. The van der Waals surface area contributed by atoms with Crippen LogP contribution in [0, 0.1) is 0 Å². The zero-order chi connectivity index (χ0) is 19.4. The molecule has 0 radical (unpaired) electrons. The van der Waals surface area contributed by atoms with Crippen molar-refractivity contribution >= 4 is 45.8 Å². The van der Waals surface area contributed by atoms with Gasteiger partial charge in [-0.25, -0.2) is 0 Å². The molecule has 0 saturated carbocycles. The highest BCUT2D eigenvalue weighted by Crippen LogP contribution is 2.22. The van der Waals surface area contributed by atoms with Crippen molar-refractivity contribution in [2.75, 3.05) is 11.8 Å². The Bertz CT molecular complexity index is 689. The Labute approximate surface area is 158 Å². The number of aromatic hydroxyl groups is 4. The van der Waals surface area contributed by atoms with Crippen molar-refractivity contribution in [3.63, 3.8) is 0 Å². The molecule has 9 heteroatoms. The van der Waals surface area contributed by atoms with Crippen LogP contribution in [-0.4, -0.2) is 43.2 Å². The van der Waals surface area contributed by atoms with E-state index in [0.29, 0.717) is 0 Å². The van der Waals surface area contributed by atoms with Gasteiger partial charge in [-0.05, 0) is 35.9 Å². The lowest BCUT2D eigenvalue weighted by molar-refractivity contribution is -0.109. The van der Waals surface area contributed by atoms with Gasteiger partial charge in [-0.2, -0.15) is 0 Å². The van der Waals surface area contributed by atoms with Crippen molar-refractivity contribution in [1.82, 2.24) is 0 Å². The summed E-state index contributed by atoms with van der Waals surface area (Å²) in [5, 5.41) is 34.8. The van der Waals surface area contributed by atoms with E-state index in [-0.39, 0.29) is 46.1 Å². The van der Waals surface area contributed by atoms with E-state index in [0.717, 1.165) is 6.07 Å². The molecule has 0 aliphatic rings. The number of hydrogen-bond donors (Lipinski definition) is 4. The van der Waals surface area contributed by atoms with Crippen molar-refractivity contribution in [2.45, 2.75) is 0 Å². The molecule has 0 unspecified atom stereocenters. The minimum Gasteiger partial charge on any atom is -0.508 e. The molecule has 2 rings (SSSR count). The molecule has 2 aromatic carbocycles. The summed E-state index contributed by atoms with van der Waals surface area (Å²) in [5.74, 6) is -0.802. The number of benzene rings is 2. The van der Waals surface area contributed by atoms with E-state index in [4.69, 9.17) is 55.2 Å². The Hall–Kier alpha value is -2.15. The normalized spacial score (nSPS) is 9.08. The van der Waals surface area contributed by atoms with Gasteiger partial charge in [-0.3, -0.25) is 9.59 Å². The number of Topliss-reactive ketones (excluding diaryl/α,β-unsaturated/α-hetero) is 1. The van der Waals surface area contributed by atoms with Gasteiger partial charge >= 0.3 is 0 Å². The van der Waals surface area contributed by atoms with Gasteiger partial charge in [-0.1, -0.05) is 6.07 Å². The lowest BCUT2D eigenvalue weighted by Gasteiger charge is -2.00. The van der Waals surface area contributed by atoms with Crippen LogP contribution < -0.4 is 0 Å². The maximum absolute atomic E-state index is 11.0. The first-order chi connectivity index (χ1) is 11.7. The van der Waals surface area contributed by atoms with Gasteiger partial charge in [0.1, 0.15) is 23.0 Å². The summed E-state index contributed by atoms with van der Waals surface area (Å²) in [5.41, 5.74) is 0.128. The van der Waals surface area contributed by atoms with Crippen LogP contribution in [-0.2, 0) is 4.79 Å². The lowest BCUT2D eigenvalue weighted by atomic mass is 10.1. The molecule has 25 heavy (non-hydrogen) atoms. The third-order valence-corrected chi connectivity index (χ3v) is 3.09. The van der Waals surface area contributed by atoms with E-state index in [9.17, 15) is 9.59 Å². The highest BCUT2D eigenvalue weighted by Gasteiger charge is 2.09. The minimum atomic E-state index is -0.508. The summed E-state index contributed by atoms with van der Waals surface area (Å²) >= 11 is 14.8. The summed E-state index contributed by atoms with van der Waals surface area (Å²) in [6.45, 7) is 0. The number of hydrogen-bond acceptors (Lipinski definition) is 6. The maximum atomic E-state index is 11.0. The first kappa shape index (κ1) is 22.9. The summed E-state index contributed by atoms with van der Waals surface area (Å²) in [4.78, 5) is 20.4. The van der Waals surface area contributed by atoms with E-state index in [2.05, 4.69) is 0 Å². The van der Waals surface area contributed by atoms with Gasteiger partial charge in [0.15, 0.2) is 5.78 Å². The molecule has 0 bridgehead atoms. The van der Waals surface area contributed by atoms with Crippen LogP contribution in [0.4, 0.5) is 0 Å². The first-order valence-electron chi connectivity index (χ1n) is 6.54. The van der Waals surface area contributed by atoms with Gasteiger partial charge in [0.05, 0.1) is 17.3 Å². The van der Waals surface area contributed by atoms with Crippen molar-refractivity contribution in [1.29, 1.82) is 0 Å². The molecule has 2 aromatic rings. The fraction of sp³-hybridized carbons (Fsp3) is 0.125. The lowest BCUT2D eigenvalue weighted by Crippen LogP contribution is -1.99. The second-order valence-electron chi connectivity index (χ2n) is 4.27. The Morgan fingerprint density at radius 3 is 1.60 bits per heavy atom. The quantitative estimate of drug-likeness (QED) is 0.350. The molecule has 0 saturated heterocycles. The zero-order valence-electron chi connectivity index (χ0n) is 12.7. The molecule has 0 heterocycles. The van der Waals surface area contributed by atoms with E-state index in [1.54, 1.807) is 6.07 Å². The molecule has 4 N–H and O–H groups in total. The van der Waals surface area contributed by atoms with Crippen LogP contribution in [0.3, 0.4) is 0 Å².